The van der Waals surface area contributed by atoms with Gasteiger partial charge < -0.3 is 14.8 Å². The number of amides is 1. The molecule has 1 saturated carbocycles. The number of hydrogen-bond acceptors (Lipinski definition) is 10. The van der Waals surface area contributed by atoms with Crippen molar-refractivity contribution in [2.24, 2.45) is 5.16 Å². The lowest BCUT2D eigenvalue weighted by Gasteiger charge is -2.10. The highest BCUT2D eigenvalue weighted by atomic mass is 32.2. The Labute approximate surface area is 201 Å². The number of aromatic nitrogens is 2. The van der Waals surface area contributed by atoms with Gasteiger partial charge in [-0.1, -0.05) is 28.6 Å². The fourth-order valence-electron chi connectivity index (χ4n) is 3.04. The van der Waals surface area contributed by atoms with Gasteiger partial charge in [0.25, 0.3) is 5.91 Å². The van der Waals surface area contributed by atoms with Gasteiger partial charge in [-0.3, -0.25) is 10.1 Å². The van der Waals surface area contributed by atoms with Crippen LogP contribution in [-0.2, 0) is 19.5 Å². The molecule has 1 amide bonds. The summed E-state index contributed by atoms with van der Waals surface area (Å²) in [5.74, 6) is 0.179. The molecule has 0 spiro atoms. The standard InChI is InChI=1S/C22H25N5O5S2/c1-13(12-28)32-26-19(14-4-6-15(7-5-14)34(30,31)16-8-9-16)20(29)25-22-23-17-10-11-18(27(2)3)24-21(17)33-22/h4-7,10-11,13,16,28H,8-9,12H2,1-3H3,(H,23,25,29)/b26-19+/t13-/m1/s1. The SMILES string of the molecule is C[C@H](CO)O/N=C(/C(=O)Nc1nc2ccc(N(C)C)nc2s1)c1ccc(S(=O)(=O)C2CC2)cc1. The highest BCUT2D eigenvalue weighted by molar-refractivity contribution is 7.92. The van der Waals surface area contributed by atoms with E-state index in [4.69, 9.17) is 4.84 Å². The quantitative estimate of drug-likeness (QED) is 0.336. The summed E-state index contributed by atoms with van der Waals surface area (Å²) < 4.78 is 25.0. The van der Waals surface area contributed by atoms with Crippen molar-refractivity contribution in [3.8, 4) is 0 Å². The molecule has 1 aliphatic carbocycles. The largest absolute Gasteiger partial charge is 0.392 e. The number of carbonyl (C=O) groups excluding carboxylic acids is 1. The van der Waals surface area contributed by atoms with Crippen molar-refractivity contribution in [1.82, 2.24) is 9.97 Å². The summed E-state index contributed by atoms with van der Waals surface area (Å²) in [4.78, 5) is 30.0. The van der Waals surface area contributed by atoms with Crippen molar-refractivity contribution in [2.45, 2.75) is 36.0 Å². The Morgan fingerprint density at radius 3 is 2.56 bits per heavy atom. The molecule has 0 saturated heterocycles. The molecule has 0 aliphatic heterocycles. The second-order valence-corrected chi connectivity index (χ2v) is 11.4. The van der Waals surface area contributed by atoms with Gasteiger partial charge in [0.2, 0.25) is 0 Å². The second-order valence-electron chi connectivity index (χ2n) is 8.17. The lowest BCUT2D eigenvalue weighted by atomic mass is 10.1. The normalized spacial score (nSPS) is 15.2. The summed E-state index contributed by atoms with van der Waals surface area (Å²) in [5, 5.41) is 15.9. The molecular weight excluding hydrogens is 478 g/mol. The lowest BCUT2D eigenvalue weighted by molar-refractivity contribution is -0.110. The maximum Gasteiger partial charge on any atom is 0.280 e. The lowest BCUT2D eigenvalue weighted by Crippen LogP contribution is -2.25. The van der Waals surface area contributed by atoms with Gasteiger partial charge >= 0.3 is 0 Å². The van der Waals surface area contributed by atoms with Crippen molar-refractivity contribution < 1.29 is 23.2 Å². The molecule has 1 aromatic carbocycles. The first kappa shape index (κ1) is 24.0. The van der Waals surface area contributed by atoms with E-state index in [1.54, 1.807) is 6.92 Å². The maximum absolute atomic E-state index is 13.1. The Kier molecular flexibility index (Phi) is 6.82. The van der Waals surface area contributed by atoms with Crippen molar-refractivity contribution in [1.29, 1.82) is 0 Å². The topological polar surface area (TPSA) is 134 Å². The molecule has 0 bridgehead atoms. The molecular formula is C22H25N5O5S2. The van der Waals surface area contributed by atoms with Gasteiger partial charge in [-0.25, -0.2) is 18.4 Å². The monoisotopic (exact) mass is 503 g/mol. The van der Waals surface area contributed by atoms with E-state index in [1.165, 1.54) is 35.6 Å². The number of anilines is 2. The van der Waals surface area contributed by atoms with E-state index in [2.05, 4.69) is 20.4 Å². The van der Waals surface area contributed by atoms with E-state index in [-0.39, 0.29) is 22.5 Å². The number of fused-ring (bicyclic) bond motifs is 1. The van der Waals surface area contributed by atoms with Crippen molar-refractivity contribution >= 4 is 54.1 Å². The molecule has 12 heteroatoms. The Morgan fingerprint density at radius 2 is 1.94 bits per heavy atom. The number of nitrogens with one attached hydrogen (secondary N) is 1. The molecule has 2 aromatic heterocycles. The number of oxime groups is 1. The smallest absolute Gasteiger partial charge is 0.280 e. The summed E-state index contributed by atoms with van der Waals surface area (Å²) in [5.41, 5.74) is 0.938. The maximum atomic E-state index is 13.1. The summed E-state index contributed by atoms with van der Waals surface area (Å²) in [6.07, 6.45) is 0.701. The number of pyridine rings is 1. The van der Waals surface area contributed by atoms with Crippen LogP contribution < -0.4 is 10.2 Å². The fourth-order valence-corrected chi connectivity index (χ4v) is 5.53. The van der Waals surface area contributed by atoms with Gasteiger partial charge in [-0.15, -0.1) is 0 Å². The number of thiazole rings is 1. The molecule has 2 N–H and O–H groups in total. The van der Waals surface area contributed by atoms with Crippen LogP contribution in [0.3, 0.4) is 0 Å². The van der Waals surface area contributed by atoms with Crippen LogP contribution in [0.25, 0.3) is 10.3 Å². The van der Waals surface area contributed by atoms with Crippen molar-refractivity contribution in [2.75, 3.05) is 30.9 Å². The fraction of sp³-hybridized carbons (Fsp3) is 0.364. The average Bonchev–Trinajstić information content (AvgIpc) is 3.60. The van der Waals surface area contributed by atoms with Crippen LogP contribution in [0.15, 0.2) is 46.4 Å². The predicted octanol–water partition coefficient (Wildman–Crippen LogP) is 2.43. The molecule has 1 fully saturated rings. The van der Waals surface area contributed by atoms with Crippen molar-refractivity contribution in [3.63, 3.8) is 0 Å². The minimum atomic E-state index is -3.35. The van der Waals surface area contributed by atoms with E-state index in [0.717, 1.165) is 5.82 Å². The Morgan fingerprint density at radius 1 is 1.24 bits per heavy atom. The summed E-state index contributed by atoms with van der Waals surface area (Å²) in [6.45, 7) is 1.32. The van der Waals surface area contributed by atoms with E-state index in [1.807, 2.05) is 31.1 Å². The van der Waals surface area contributed by atoms with E-state index < -0.39 is 21.8 Å². The Hall–Kier alpha value is -3.09. The predicted molar refractivity (Wildman–Crippen MR) is 131 cm³/mol. The minimum Gasteiger partial charge on any atom is -0.392 e. The summed E-state index contributed by atoms with van der Waals surface area (Å²) >= 11 is 1.22. The molecule has 1 aliphatic rings. The molecule has 1 atom stereocenters. The molecule has 34 heavy (non-hydrogen) atoms. The van der Waals surface area contributed by atoms with Crippen LogP contribution in [0, 0.1) is 0 Å². The van der Waals surface area contributed by atoms with Gasteiger partial charge in [0, 0.05) is 19.7 Å². The van der Waals surface area contributed by atoms with Gasteiger partial charge in [-0.05, 0) is 44.0 Å². The molecule has 180 valence electrons. The molecule has 2 heterocycles. The van der Waals surface area contributed by atoms with E-state index in [0.29, 0.717) is 33.9 Å². The number of rotatable bonds is 9. The number of hydrogen-bond donors (Lipinski definition) is 2. The third kappa shape index (κ3) is 5.18. The van der Waals surface area contributed by atoms with Crippen LogP contribution in [0.4, 0.5) is 10.9 Å². The number of sulfone groups is 1. The van der Waals surface area contributed by atoms with Gasteiger partial charge in [0.1, 0.15) is 22.3 Å². The summed E-state index contributed by atoms with van der Waals surface area (Å²) in [7, 11) is 0.413. The second kappa shape index (κ2) is 9.65. The third-order valence-corrected chi connectivity index (χ3v) is 8.29. The first-order chi connectivity index (χ1) is 16.2. The van der Waals surface area contributed by atoms with Crippen LogP contribution >= 0.6 is 11.3 Å². The first-order valence-electron chi connectivity index (χ1n) is 10.6. The van der Waals surface area contributed by atoms with Gasteiger partial charge in [0.15, 0.2) is 20.7 Å². The zero-order valence-electron chi connectivity index (χ0n) is 18.9. The third-order valence-electron chi connectivity index (χ3n) is 5.14. The summed E-state index contributed by atoms with van der Waals surface area (Å²) in [6, 6.07) is 9.62. The highest BCUT2D eigenvalue weighted by Crippen LogP contribution is 2.33. The zero-order chi connectivity index (χ0) is 24.5. The number of nitrogens with zero attached hydrogens (tertiary/aromatic N) is 4. The van der Waals surface area contributed by atoms with Crippen LogP contribution in [0.5, 0.6) is 0 Å². The van der Waals surface area contributed by atoms with Crippen LogP contribution in [-0.4, -0.2) is 67.2 Å². The number of carbonyl (C=O) groups is 1. The number of aliphatic hydroxyl groups is 1. The van der Waals surface area contributed by atoms with Gasteiger partial charge in [-0.2, -0.15) is 0 Å². The van der Waals surface area contributed by atoms with Crippen molar-refractivity contribution in [3.05, 3.63) is 42.0 Å². The number of aliphatic hydroxyl groups excluding tert-OH is 1. The Balaban J connectivity index is 1.60. The Bertz CT molecular complexity index is 1330. The van der Waals surface area contributed by atoms with E-state index >= 15 is 0 Å². The molecule has 0 radical (unpaired) electrons. The molecule has 4 rings (SSSR count). The molecule has 3 aromatic rings. The zero-order valence-corrected chi connectivity index (χ0v) is 20.6. The minimum absolute atomic E-state index is 0.0723. The number of benzene rings is 1. The van der Waals surface area contributed by atoms with Crippen LogP contribution in [0.2, 0.25) is 0 Å². The van der Waals surface area contributed by atoms with Crippen LogP contribution in [0.1, 0.15) is 25.3 Å². The highest BCUT2D eigenvalue weighted by Gasteiger charge is 2.36. The average molecular weight is 504 g/mol. The van der Waals surface area contributed by atoms with Gasteiger partial charge in [0.05, 0.1) is 16.8 Å². The molecule has 10 nitrogen and oxygen atoms in total. The molecule has 0 unspecified atom stereocenters. The first-order valence-corrected chi connectivity index (χ1v) is 13.0. The van der Waals surface area contributed by atoms with E-state index in [9.17, 15) is 18.3 Å².